The Morgan fingerprint density at radius 3 is 3.33 bits per heavy atom. The number of hydrogen-bond donors (Lipinski definition) is 1. The first-order valence-electron chi connectivity index (χ1n) is 4.46. The molecule has 0 radical (unpaired) electrons. The van der Waals surface area contributed by atoms with Crippen LogP contribution in [-0.4, -0.2) is 21.3 Å². The molecule has 1 atom stereocenters. The topological polar surface area (TPSA) is 38.0 Å². The lowest BCUT2D eigenvalue weighted by Gasteiger charge is -2.21. The van der Waals surface area contributed by atoms with Gasteiger partial charge in [-0.25, -0.2) is 4.98 Å². The molecule has 1 aromatic rings. The van der Waals surface area contributed by atoms with Gasteiger partial charge in [0.1, 0.15) is 5.82 Å². The minimum absolute atomic E-state index is 0.233. The average molecular weight is 166 g/mol. The number of rotatable bonds is 1. The second kappa shape index (κ2) is 2.90. The molecule has 12 heavy (non-hydrogen) atoms. The Labute approximate surface area is 72.0 Å². The third-order valence-electron chi connectivity index (χ3n) is 2.46. The van der Waals surface area contributed by atoms with Gasteiger partial charge in [0, 0.05) is 18.7 Å². The van der Waals surface area contributed by atoms with Crippen LogP contribution in [0.15, 0.2) is 6.20 Å². The second-order valence-corrected chi connectivity index (χ2v) is 3.46. The quantitative estimate of drug-likeness (QED) is 0.677. The zero-order valence-electron chi connectivity index (χ0n) is 7.32. The van der Waals surface area contributed by atoms with Crippen molar-refractivity contribution in [3.63, 3.8) is 0 Å². The molecule has 1 aliphatic rings. The molecule has 0 fully saturated rings. The van der Waals surface area contributed by atoms with E-state index in [0.717, 1.165) is 30.9 Å². The van der Waals surface area contributed by atoms with Gasteiger partial charge in [-0.15, -0.1) is 0 Å². The van der Waals surface area contributed by atoms with E-state index in [9.17, 15) is 0 Å². The fraction of sp³-hybridized carbons (Fsp3) is 0.667. The standard InChI is InChI=1S/C9H14N2O/c1-7-5-11-4-2-3-8(6-12)9(11)10-7/h5,8,12H,2-4,6H2,1H3/t8-/m0/s1. The summed E-state index contributed by atoms with van der Waals surface area (Å²) in [6.07, 6.45) is 4.30. The monoisotopic (exact) mass is 166 g/mol. The first-order chi connectivity index (χ1) is 5.81. The Balaban J connectivity index is 2.36. The van der Waals surface area contributed by atoms with E-state index in [1.54, 1.807) is 0 Å². The molecule has 0 amide bonds. The highest BCUT2D eigenvalue weighted by Gasteiger charge is 2.20. The largest absolute Gasteiger partial charge is 0.396 e. The Hall–Kier alpha value is -0.830. The van der Waals surface area contributed by atoms with Gasteiger partial charge in [0.25, 0.3) is 0 Å². The molecule has 3 heteroatoms. The molecule has 2 heterocycles. The number of aromatic nitrogens is 2. The molecule has 2 rings (SSSR count). The van der Waals surface area contributed by atoms with Crippen LogP contribution >= 0.6 is 0 Å². The van der Waals surface area contributed by atoms with E-state index < -0.39 is 0 Å². The van der Waals surface area contributed by atoms with Gasteiger partial charge in [-0.3, -0.25) is 0 Å². The van der Waals surface area contributed by atoms with Crippen molar-refractivity contribution in [2.24, 2.45) is 0 Å². The zero-order chi connectivity index (χ0) is 8.55. The summed E-state index contributed by atoms with van der Waals surface area (Å²) in [4.78, 5) is 4.41. The minimum atomic E-state index is 0.233. The van der Waals surface area contributed by atoms with Gasteiger partial charge >= 0.3 is 0 Å². The van der Waals surface area contributed by atoms with Gasteiger partial charge in [0.2, 0.25) is 0 Å². The molecule has 0 aromatic carbocycles. The van der Waals surface area contributed by atoms with E-state index in [-0.39, 0.29) is 12.5 Å². The third-order valence-corrected chi connectivity index (χ3v) is 2.46. The number of hydrogen-bond acceptors (Lipinski definition) is 2. The normalized spacial score (nSPS) is 22.3. The van der Waals surface area contributed by atoms with E-state index in [0.29, 0.717) is 0 Å². The van der Waals surface area contributed by atoms with Crippen LogP contribution in [0.3, 0.4) is 0 Å². The summed E-state index contributed by atoms with van der Waals surface area (Å²) >= 11 is 0. The number of imidazole rings is 1. The van der Waals surface area contributed by atoms with Crippen LogP contribution in [0.25, 0.3) is 0 Å². The maximum absolute atomic E-state index is 9.09. The summed E-state index contributed by atoms with van der Waals surface area (Å²) in [5, 5.41) is 9.09. The Morgan fingerprint density at radius 1 is 1.75 bits per heavy atom. The van der Waals surface area contributed by atoms with E-state index in [1.807, 2.05) is 6.92 Å². The smallest absolute Gasteiger partial charge is 0.114 e. The summed E-state index contributed by atoms with van der Waals surface area (Å²) in [7, 11) is 0. The predicted molar refractivity (Wildman–Crippen MR) is 46.0 cm³/mol. The number of aliphatic hydroxyl groups excluding tert-OH is 1. The van der Waals surface area contributed by atoms with Crippen LogP contribution in [0.4, 0.5) is 0 Å². The molecule has 0 bridgehead atoms. The van der Waals surface area contributed by atoms with Crippen LogP contribution in [0.2, 0.25) is 0 Å². The van der Waals surface area contributed by atoms with Crippen LogP contribution < -0.4 is 0 Å². The molecule has 1 aromatic heterocycles. The van der Waals surface area contributed by atoms with Crippen molar-refractivity contribution in [3.05, 3.63) is 17.7 Å². The number of nitrogens with zero attached hydrogens (tertiary/aromatic N) is 2. The van der Waals surface area contributed by atoms with Gasteiger partial charge in [-0.05, 0) is 19.8 Å². The molecule has 0 spiro atoms. The molecular formula is C9H14N2O. The number of aliphatic hydroxyl groups is 1. The third kappa shape index (κ3) is 1.14. The van der Waals surface area contributed by atoms with E-state index in [1.165, 1.54) is 0 Å². The van der Waals surface area contributed by atoms with E-state index in [2.05, 4.69) is 15.7 Å². The van der Waals surface area contributed by atoms with Crippen molar-refractivity contribution in [2.45, 2.75) is 32.2 Å². The number of aryl methyl sites for hydroxylation is 2. The maximum atomic E-state index is 9.09. The van der Waals surface area contributed by atoms with Crippen LogP contribution in [0, 0.1) is 6.92 Å². The maximum Gasteiger partial charge on any atom is 0.114 e. The summed E-state index contributed by atoms with van der Waals surface area (Å²) in [5.41, 5.74) is 1.06. The minimum Gasteiger partial charge on any atom is -0.396 e. The molecule has 0 aliphatic carbocycles. The highest BCUT2D eigenvalue weighted by atomic mass is 16.3. The summed E-state index contributed by atoms with van der Waals surface area (Å²) in [5.74, 6) is 1.34. The van der Waals surface area contributed by atoms with Crippen molar-refractivity contribution in [3.8, 4) is 0 Å². The Morgan fingerprint density at radius 2 is 2.58 bits per heavy atom. The van der Waals surface area contributed by atoms with Crippen LogP contribution in [0.5, 0.6) is 0 Å². The summed E-state index contributed by atoms with van der Waals surface area (Å²) in [6.45, 7) is 3.29. The van der Waals surface area contributed by atoms with Crippen LogP contribution in [0.1, 0.15) is 30.3 Å². The first-order valence-corrected chi connectivity index (χ1v) is 4.46. The molecular weight excluding hydrogens is 152 g/mol. The fourth-order valence-corrected chi connectivity index (χ4v) is 1.88. The lowest BCUT2D eigenvalue weighted by atomic mass is 10.0. The molecule has 3 nitrogen and oxygen atoms in total. The van der Waals surface area contributed by atoms with Gasteiger partial charge in [-0.2, -0.15) is 0 Å². The average Bonchev–Trinajstić information content (AvgIpc) is 2.44. The zero-order valence-corrected chi connectivity index (χ0v) is 7.32. The Bertz CT molecular complexity index is 280. The Kier molecular flexibility index (Phi) is 1.89. The summed E-state index contributed by atoms with van der Waals surface area (Å²) < 4.78 is 2.17. The number of fused-ring (bicyclic) bond motifs is 1. The molecule has 0 unspecified atom stereocenters. The molecule has 1 aliphatic heterocycles. The van der Waals surface area contributed by atoms with Crippen molar-refractivity contribution in [1.82, 2.24) is 9.55 Å². The SMILES string of the molecule is Cc1cn2c(n1)[C@H](CO)CCC2. The second-order valence-electron chi connectivity index (χ2n) is 3.46. The van der Waals surface area contributed by atoms with Gasteiger partial charge in [0.15, 0.2) is 0 Å². The van der Waals surface area contributed by atoms with Crippen molar-refractivity contribution < 1.29 is 5.11 Å². The molecule has 66 valence electrons. The first kappa shape index (κ1) is 7.80. The lowest BCUT2D eigenvalue weighted by molar-refractivity contribution is 0.238. The van der Waals surface area contributed by atoms with E-state index in [4.69, 9.17) is 5.11 Å². The summed E-state index contributed by atoms with van der Waals surface area (Å²) in [6, 6.07) is 0. The van der Waals surface area contributed by atoms with Crippen molar-refractivity contribution >= 4 is 0 Å². The molecule has 0 saturated carbocycles. The predicted octanol–water partition coefficient (Wildman–Crippen LogP) is 1.06. The molecule has 0 saturated heterocycles. The fourth-order valence-electron chi connectivity index (χ4n) is 1.88. The van der Waals surface area contributed by atoms with Gasteiger partial charge in [0.05, 0.1) is 12.3 Å². The highest BCUT2D eigenvalue weighted by Crippen LogP contribution is 2.25. The van der Waals surface area contributed by atoms with Crippen molar-refractivity contribution in [1.29, 1.82) is 0 Å². The van der Waals surface area contributed by atoms with E-state index >= 15 is 0 Å². The lowest BCUT2D eigenvalue weighted by Crippen LogP contribution is -2.18. The molecule has 1 N–H and O–H groups in total. The highest BCUT2D eigenvalue weighted by molar-refractivity contribution is 5.09. The van der Waals surface area contributed by atoms with Crippen molar-refractivity contribution in [2.75, 3.05) is 6.61 Å². The van der Waals surface area contributed by atoms with Crippen LogP contribution in [-0.2, 0) is 6.54 Å². The van der Waals surface area contributed by atoms with Gasteiger partial charge < -0.3 is 9.67 Å². The van der Waals surface area contributed by atoms with Gasteiger partial charge in [-0.1, -0.05) is 0 Å².